The van der Waals surface area contributed by atoms with Crippen LogP contribution in [0.5, 0.6) is 0 Å². The highest BCUT2D eigenvalue weighted by atomic mass is 16.6. The molecule has 1 aromatic rings. The average Bonchev–Trinajstić information content (AvgIpc) is 2.15. The summed E-state index contributed by atoms with van der Waals surface area (Å²) in [6, 6.07) is 4.59. The van der Waals surface area contributed by atoms with Crippen molar-refractivity contribution in [2.45, 2.75) is 6.92 Å². The van der Waals surface area contributed by atoms with Crippen LogP contribution in [0.2, 0.25) is 0 Å². The van der Waals surface area contributed by atoms with Gasteiger partial charge in [-0.2, -0.15) is 0 Å². The second kappa shape index (κ2) is 3.95. The SMILES string of the molecule is CCN(C)c1cc(N)cc([N+](=O)[O-])c1. The molecule has 0 bridgehead atoms. The Morgan fingerprint density at radius 2 is 2.14 bits per heavy atom. The topological polar surface area (TPSA) is 72.4 Å². The van der Waals surface area contributed by atoms with E-state index in [-0.39, 0.29) is 5.69 Å². The molecule has 0 saturated carbocycles. The summed E-state index contributed by atoms with van der Waals surface area (Å²) >= 11 is 0. The molecule has 0 saturated heterocycles. The average molecular weight is 195 g/mol. The van der Waals surface area contributed by atoms with E-state index in [9.17, 15) is 10.1 Å². The van der Waals surface area contributed by atoms with Gasteiger partial charge in [0.1, 0.15) is 0 Å². The number of hydrogen-bond donors (Lipinski definition) is 1. The van der Waals surface area contributed by atoms with Crippen molar-refractivity contribution >= 4 is 17.1 Å². The molecule has 0 spiro atoms. The molecule has 0 aliphatic carbocycles. The van der Waals surface area contributed by atoms with Gasteiger partial charge in [0, 0.05) is 37.1 Å². The Morgan fingerprint density at radius 1 is 1.50 bits per heavy atom. The quantitative estimate of drug-likeness (QED) is 0.452. The van der Waals surface area contributed by atoms with Gasteiger partial charge < -0.3 is 10.6 Å². The first-order valence-corrected chi connectivity index (χ1v) is 4.30. The Bertz CT molecular complexity index is 352. The molecular weight excluding hydrogens is 182 g/mol. The fourth-order valence-corrected chi connectivity index (χ4v) is 1.13. The van der Waals surface area contributed by atoms with Gasteiger partial charge in [-0.3, -0.25) is 10.1 Å². The van der Waals surface area contributed by atoms with Gasteiger partial charge in [-0.1, -0.05) is 0 Å². The number of hydrogen-bond acceptors (Lipinski definition) is 4. The van der Waals surface area contributed by atoms with Crippen LogP contribution in [0.1, 0.15) is 6.92 Å². The molecule has 0 fully saturated rings. The minimum Gasteiger partial charge on any atom is -0.398 e. The van der Waals surface area contributed by atoms with E-state index < -0.39 is 4.92 Å². The molecule has 0 amide bonds. The molecule has 0 heterocycles. The number of anilines is 2. The largest absolute Gasteiger partial charge is 0.398 e. The Morgan fingerprint density at radius 3 is 2.64 bits per heavy atom. The third-order valence-electron chi connectivity index (χ3n) is 2.05. The monoisotopic (exact) mass is 195 g/mol. The predicted molar refractivity (Wildman–Crippen MR) is 56.5 cm³/mol. The molecule has 0 aromatic heterocycles. The fraction of sp³-hybridized carbons (Fsp3) is 0.333. The lowest BCUT2D eigenvalue weighted by Crippen LogP contribution is -2.16. The van der Waals surface area contributed by atoms with Crippen LogP contribution in [0.4, 0.5) is 17.1 Å². The first kappa shape index (κ1) is 10.3. The smallest absolute Gasteiger partial charge is 0.273 e. The zero-order valence-corrected chi connectivity index (χ0v) is 8.23. The van der Waals surface area contributed by atoms with Crippen LogP contribution in [-0.4, -0.2) is 18.5 Å². The Balaban J connectivity index is 3.13. The van der Waals surface area contributed by atoms with Crippen molar-refractivity contribution in [1.82, 2.24) is 0 Å². The number of benzene rings is 1. The summed E-state index contributed by atoms with van der Waals surface area (Å²) in [5, 5.41) is 10.5. The summed E-state index contributed by atoms with van der Waals surface area (Å²) in [5.41, 5.74) is 6.76. The van der Waals surface area contributed by atoms with Gasteiger partial charge in [0.15, 0.2) is 0 Å². The van der Waals surface area contributed by atoms with Crippen molar-refractivity contribution in [2.75, 3.05) is 24.2 Å². The molecule has 1 rings (SSSR count). The summed E-state index contributed by atoms with van der Waals surface area (Å²) in [4.78, 5) is 12.0. The van der Waals surface area contributed by atoms with Gasteiger partial charge in [-0.25, -0.2) is 0 Å². The molecular formula is C9H13N3O2. The zero-order valence-electron chi connectivity index (χ0n) is 8.23. The van der Waals surface area contributed by atoms with E-state index in [2.05, 4.69) is 0 Å². The number of nitrogens with two attached hydrogens (primary N) is 1. The first-order chi connectivity index (χ1) is 6.54. The van der Waals surface area contributed by atoms with E-state index >= 15 is 0 Å². The third-order valence-corrected chi connectivity index (χ3v) is 2.05. The summed E-state index contributed by atoms with van der Waals surface area (Å²) in [6.45, 7) is 2.75. The summed E-state index contributed by atoms with van der Waals surface area (Å²) in [6.07, 6.45) is 0. The fourth-order valence-electron chi connectivity index (χ4n) is 1.13. The van der Waals surface area contributed by atoms with Crippen LogP contribution in [0.3, 0.4) is 0 Å². The maximum absolute atomic E-state index is 10.5. The second-order valence-electron chi connectivity index (χ2n) is 3.05. The molecule has 0 unspecified atom stereocenters. The van der Waals surface area contributed by atoms with Gasteiger partial charge >= 0.3 is 0 Å². The first-order valence-electron chi connectivity index (χ1n) is 4.30. The van der Waals surface area contributed by atoms with Gasteiger partial charge in [-0.15, -0.1) is 0 Å². The maximum Gasteiger partial charge on any atom is 0.273 e. The minimum absolute atomic E-state index is 0.0281. The molecule has 1 aromatic carbocycles. The summed E-state index contributed by atoms with van der Waals surface area (Å²) in [5.74, 6) is 0. The van der Waals surface area contributed by atoms with Crippen molar-refractivity contribution in [2.24, 2.45) is 0 Å². The molecule has 2 N–H and O–H groups in total. The van der Waals surface area contributed by atoms with E-state index in [4.69, 9.17) is 5.73 Å². The lowest BCUT2D eigenvalue weighted by atomic mass is 10.2. The molecule has 0 atom stereocenters. The van der Waals surface area contributed by atoms with E-state index in [1.54, 1.807) is 6.07 Å². The van der Waals surface area contributed by atoms with Gasteiger partial charge in [-0.05, 0) is 13.0 Å². The van der Waals surface area contributed by atoms with Crippen molar-refractivity contribution < 1.29 is 4.92 Å². The van der Waals surface area contributed by atoms with E-state index in [1.807, 2.05) is 18.9 Å². The summed E-state index contributed by atoms with van der Waals surface area (Å²) in [7, 11) is 1.86. The van der Waals surface area contributed by atoms with Crippen LogP contribution in [0, 0.1) is 10.1 Å². The van der Waals surface area contributed by atoms with Gasteiger partial charge in [0.05, 0.1) is 4.92 Å². The van der Waals surface area contributed by atoms with Crippen molar-refractivity contribution in [3.05, 3.63) is 28.3 Å². The van der Waals surface area contributed by atoms with Crippen molar-refractivity contribution in [3.8, 4) is 0 Å². The van der Waals surface area contributed by atoms with Crippen LogP contribution in [0.25, 0.3) is 0 Å². The third kappa shape index (κ3) is 2.12. The van der Waals surface area contributed by atoms with Crippen LogP contribution in [0.15, 0.2) is 18.2 Å². The highest BCUT2D eigenvalue weighted by Gasteiger charge is 2.09. The number of non-ortho nitro benzene ring substituents is 1. The molecule has 5 heteroatoms. The number of rotatable bonds is 3. The number of nitro benzene ring substituents is 1. The Labute approximate surface area is 82.3 Å². The highest BCUT2D eigenvalue weighted by Crippen LogP contribution is 2.24. The lowest BCUT2D eigenvalue weighted by Gasteiger charge is -2.16. The van der Waals surface area contributed by atoms with E-state index in [1.165, 1.54) is 12.1 Å². The van der Waals surface area contributed by atoms with E-state index in [0.717, 1.165) is 12.2 Å². The summed E-state index contributed by atoms with van der Waals surface area (Å²) < 4.78 is 0. The molecule has 14 heavy (non-hydrogen) atoms. The van der Waals surface area contributed by atoms with Crippen molar-refractivity contribution in [3.63, 3.8) is 0 Å². The number of nitro groups is 1. The normalized spacial score (nSPS) is 9.86. The Hall–Kier alpha value is -1.78. The van der Waals surface area contributed by atoms with Crippen LogP contribution in [-0.2, 0) is 0 Å². The number of nitrogen functional groups attached to an aromatic ring is 1. The molecule has 0 radical (unpaired) electrons. The van der Waals surface area contributed by atoms with E-state index in [0.29, 0.717) is 5.69 Å². The van der Waals surface area contributed by atoms with Crippen molar-refractivity contribution in [1.29, 1.82) is 0 Å². The number of nitrogens with zero attached hydrogens (tertiary/aromatic N) is 2. The lowest BCUT2D eigenvalue weighted by molar-refractivity contribution is -0.384. The van der Waals surface area contributed by atoms with Gasteiger partial charge in [0.25, 0.3) is 5.69 Å². The van der Waals surface area contributed by atoms with Crippen LogP contribution < -0.4 is 10.6 Å². The van der Waals surface area contributed by atoms with Crippen LogP contribution >= 0.6 is 0 Å². The molecule has 0 aliphatic rings. The molecule has 76 valence electrons. The highest BCUT2D eigenvalue weighted by molar-refractivity contribution is 5.62. The predicted octanol–water partition coefficient (Wildman–Crippen LogP) is 1.63. The second-order valence-corrected chi connectivity index (χ2v) is 3.05. The Kier molecular flexibility index (Phi) is 2.91. The molecule has 0 aliphatic heterocycles. The standard InChI is InChI=1S/C9H13N3O2/c1-3-11(2)8-4-7(10)5-9(6-8)12(13)14/h4-6H,3,10H2,1-2H3. The molecule has 5 nitrogen and oxygen atoms in total. The van der Waals surface area contributed by atoms with Gasteiger partial charge in [0.2, 0.25) is 0 Å². The zero-order chi connectivity index (χ0) is 10.7. The minimum atomic E-state index is -0.441. The maximum atomic E-state index is 10.5.